The molecule has 0 radical (unpaired) electrons. The van der Waals surface area contributed by atoms with Crippen molar-refractivity contribution in [1.82, 2.24) is 14.8 Å². The molecule has 0 bridgehead atoms. The Balaban J connectivity index is 1.87. The summed E-state index contributed by atoms with van der Waals surface area (Å²) in [6, 6.07) is 6.62. The Labute approximate surface area is 121 Å². The quantitative estimate of drug-likeness (QED) is 0.725. The minimum absolute atomic E-state index is 0.0885. The van der Waals surface area contributed by atoms with Gasteiger partial charge < -0.3 is 10.2 Å². The number of benzene rings is 1. The second kappa shape index (κ2) is 4.88. The smallest absolute Gasteiger partial charge is 0.316 e. The van der Waals surface area contributed by atoms with Gasteiger partial charge in [0.05, 0.1) is 5.75 Å². The van der Waals surface area contributed by atoms with Gasteiger partial charge in [0.15, 0.2) is 5.58 Å². The molecule has 0 aliphatic heterocycles. The molecule has 0 saturated carbocycles. The molecular formula is C13H14N4O3S. The van der Waals surface area contributed by atoms with Crippen LogP contribution in [0.4, 0.5) is 5.69 Å². The number of aryl methyl sites for hydroxylation is 2. The average Bonchev–Trinajstić information content (AvgIpc) is 3.02. The van der Waals surface area contributed by atoms with Gasteiger partial charge in [0, 0.05) is 37.1 Å². The van der Waals surface area contributed by atoms with E-state index < -0.39 is 9.84 Å². The van der Waals surface area contributed by atoms with Crippen LogP contribution in [-0.2, 0) is 23.3 Å². The Morgan fingerprint density at radius 2 is 2.14 bits per heavy atom. The standard InChI is InChI=1S/C13H14N4O3S/c1-17-10(4-6-15-17)5-7-21(18,19)13-16-11-3-2-9(14)8-12(11)20-13/h2-4,6,8H,5,7,14H2,1H3. The van der Waals surface area contributed by atoms with E-state index in [-0.39, 0.29) is 11.0 Å². The summed E-state index contributed by atoms with van der Waals surface area (Å²) in [4.78, 5) is 4.02. The molecule has 0 atom stereocenters. The van der Waals surface area contributed by atoms with E-state index in [0.29, 0.717) is 23.2 Å². The second-order valence-corrected chi connectivity index (χ2v) is 6.71. The predicted octanol–water partition coefficient (Wildman–Crippen LogP) is 1.16. The normalized spacial score (nSPS) is 12.0. The Hall–Kier alpha value is -2.35. The molecule has 1 aromatic carbocycles. The summed E-state index contributed by atoms with van der Waals surface area (Å²) in [7, 11) is -1.82. The van der Waals surface area contributed by atoms with Crippen LogP contribution in [0.1, 0.15) is 5.69 Å². The molecule has 3 rings (SSSR count). The maximum atomic E-state index is 12.3. The van der Waals surface area contributed by atoms with Gasteiger partial charge in [-0.3, -0.25) is 4.68 Å². The summed E-state index contributed by atoms with van der Waals surface area (Å²) < 4.78 is 31.5. The van der Waals surface area contributed by atoms with Crippen LogP contribution >= 0.6 is 0 Å². The van der Waals surface area contributed by atoms with Crippen LogP contribution in [-0.4, -0.2) is 28.9 Å². The Morgan fingerprint density at radius 1 is 1.33 bits per heavy atom. The van der Waals surface area contributed by atoms with Crippen LogP contribution in [0.5, 0.6) is 0 Å². The van der Waals surface area contributed by atoms with Crippen LogP contribution in [0.15, 0.2) is 40.1 Å². The zero-order chi connectivity index (χ0) is 15.0. The fraction of sp³-hybridized carbons (Fsp3) is 0.231. The number of anilines is 1. The van der Waals surface area contributed by atoms with Crippen LogP contribution in [0, 0.1) is 0 Å². The van der Waals surface area contributed by atoms with Crippen molar-refractivity contribution in [3.63, 3.8) is 0 Å². The van der Waals surface area contributed by atoms with E-state index in [2.05, 4.69) is 10.1 Å². The SMILES string of the molecule is Cn1nccc1CCS(=O)(=O)c1nc2ccc(N)cc2o1. The highest BCUT2D eigenvalue weighted by molar-refractivity contribution is 7.91. The van der Waals surface area contributed by atoms with Crippen molar-refractivity contribution < 1.29 is 12.8 Å². The van der Waals surface area contributed by atoms with Crippen molar-refractivity contribution in [2.45, 2.75) is 11.6 Å². The van der Waals surface area contributed by atoms with Gasteiger partial charge in [0.25, 0.3) is 0 Å². The molecule has 21 heavy (non-hydrogen) atoms. The number of nitrogens with two attached hydrogens (primary N) is 1. The highest BCUT2D eigenvalue weighted by atomic mass is 32.2. The van der Waals surface area contributed by atoms with Gasteiger partial charge in [0.1, 0.15) is 5.52 Å². The number of sulfone groups is 1. The fourth-order valence-corrected chi connectivity index (χ4v) is 3.13. The number of aromatic nitrogens is 3. The summed E-state index contributed by atoms with van der Waals surface area (Å²) >= 11 is 0. The first-order valence-electron chi connectivity index (χ1n) is 6.31. The largest absolute Gasteiger partial charge is 0.428 e. The van der Waals surface area contributed by atoms with Gasteiger partial charge in [-0.05, 0) is 18.2 Å². The molecule has 3 aromatic rings. The highest BCUT2D eigenvalue weighted by Crippen LogP contribution is 2.22. The van der Waals surface area contributed by atoms with Gasteiger partial charge in [-0.1, -0.05) is 0 Å². The summed E-state index contributed by atoms with van der Waals surface area (Å²) in [5.74, 6) is -0.0885. The van der Waals surface area contributed by atoms with Crippen LogP contribution in [0.25, 0.3) is 11.1 Å². The average molecular weight is 306 g/mol. The third-order valence-corrected chi connectivity index (χ3v) is 4.66. The summed E-state index contributed by atoms with van der Waals surface area (Å²) in [6.07, 6.45) is 1.98. The molecule has 7 nitrogen and oxygen atoms in total. The Morgan fingerprint density at radius 3 is 2.86 bits per heavy atom. The molecule has 2 heterocycles. The minimum atomic E-state index is -3.59. The minimum Gasteiger partial charge on any atom is -0.428 e. The predicted molar refractivity (Wildman–Crippen MR) is 77.4 cm³/mol. The number of fused-ring (bicyclic) bond motifs is 1. The van der Waals surface area contributed by atoms with E-state index in [4.69, 9.17) is 10.2 Å². The van der Waals surface area contributed by atoms with Crippen LogP contribution < -0.4 is 5.73 Å². The zero-order valence-electron chi connectivity index (χ0n) is 11.4. The molecule has 2 aromatic heterocycles. The van der Waals surface area contributed by atoms with Crippen LogP contribution in [0.3, 0.4) is 0 Å². The van der Waals surface area contributed by atoms with Crippen molar-refractivity contribution in [2.75, 3.05) is 11.5 Å². The first kappa shape index (κ1) is 13.6. The van der Waals surface area contributed by atoms with Crippen LogP contribution in [0.2, 0.25) is 0 Å². The maximum absolute atomic E-state index is 12.3. The van der Waals surface area contributed by atoms with Gasteiger partial charge in [-0.15, -0.1) is 0 Å². The monoisotopic (exact) mass is 306 g/mol. The van der Waals surface area contributed by atoms with Gasteiger partial charge in [-0.25, -0.2) is 8.42 Å². The number of hydrogen-bond donors (Lipinski definition) is 1. The van der Waals surface area contributed by atoms with E-state index in [0.717, 1.165) is 5.69 Å². The van der Waals surface area contributed by atoms with Crippen molar-refractivity contribution >= 4 is 26.6 Å². The maximum Gasteiger partial charge on any atom is 0.316 e. The molecule has 8 heteroatoms. The molecule has 2 N–H and O–H groups in total. The molecular weight excluding hydrogens is 292 g/mol. The lowest BCUT2D eigenvalue weighted by Crippen LogP contribution is -2.11. The molecule has 110 valence electrons. The number of oxazole rings is 1. The molecule has 0 amide bonds. The lowest BCUT2D eigenvalue weighted by atomic mass is 10.3. The molecule has 0 aliphatic carbocycles. The summed E-state index contributed by atoms with van der Waals surface area (Å²) in [5, 5.41) is 3.73. The third-order valence-electron chi connectivity index (χ3n) is 3.21. The fourth-order valence-electron chi connectivity index (χ4n) is 2.03. The zero-order valence-corrected chi connectivity index (χ0v) is 12.2. The highest BCUT2D eigenvalue weighted by Gasteiger charge is 2.22. The van der Waals surface area contributed by atoms with Crippen molar-refractivity contribution in [1.29, 1.82) is 0 Å². The van der Waals surface area contributed by atoms with E-state index in [9.17, 15) is 8.42 Å². The van der Waals surface area contributed by atoms with Gasteiger partial charge in [0.2, 0.25) is 9.84 Å². The van der Waals surface area contributed by atoms with Gasteiger partial charge >= 0.3 is 5.22 Å². The van der Waals surface area contributed by atoms with Crippen molar-refractivity contribution in [3.8, 4) is 0 Å². The van der Waals surface area contributed by atoms with E-state index in [1.54, 1.807) is 42.2 Å². The summed E-state index contributed by atoms with van der Waals surface area (Å²) in [6.45, 7) is 0. The lowest BCUT2D eigenvalue weighted by molar-refractivity contribution is 0.458. The molecule has 0 saturated heterocycles. The molecule has 0 aliphatic rings. The second-order valence-electron chi connectivity index (χ2n) is 4.72. The number of nitrogen functional groups attached to an aromatic ring is 1. The molecule has 0 fully saturated rings. The lowest BCUT2D eigenvalue weighted by Gasteiger charge is -2.01. The Kier molecular flexibility index (Phi) is 3.17. The topological polar surface area (TPSA) is 104 Å². The number of nitrogens with zero attached hydrogens (tertiary/aromatic N) is 3. The van der Waals surface area contributed by atoms with Gasteiger partial charge in [-0.2, -0.15) is 10.1 Å². The Bertz CT molecular complexity index is 895. The number of rotatable bonds is 4. The first-order valence-corrected chi connectivity index (χ1v) is 7.97. The van der Waals surface area contributed by atoms with E-state index in [1.807, 2.05) is 0 Å². The summed E-state index contributed by atoms with van der Waals surface area (Å²) in [5.41, 5.74) is 7.81. The van der Waals surface area contributed by atoms with E-state index >= 15 is 0 Å². The molecule has 0 unspecified atom stereocenters. The molecule has 0 spiro atoms. The third kappa shape index (κ3) is 2.62. The first-order chi connectivity index (χ1) is 9.95. The number of hydrogen-bond acceptors (Lipinski definition) is 6. The van der Waals surface area contributed by atoms with Crippen molar-refractivity contribution in [2.24, 2.45) is 7.05 Å². The van der Waals surface area contributed by atoms with Crippen molar-refractivity contribution in [3.05, 3.63) is 36.2 Å². The van der Waals surface area contributed by atoms with E-state index in [1.165, 1.54) is 0 Å².